The molecule has 2 aromatic carbocycles. The molecular weight excluding hydrogens is 585 g/mol. The number of carbonyl (C=O) groups is 2. The Bertz CT molecular complexity index is 1340. The molecule has 1 aliphatic carbocycles. The number of hydrogen-bond donors (Lipinski definition) is 2. The van der Waals surface area contributed by atoms with Gasteiger partial charge in [-0.05, 0) is 67.3 Å². The number of ether oxygens (including phenoxy) is 2. The van der Waals surface area contributed by atoms with Gasteiger partial charge >= 0.3 is 12.0 Å². The Balaban J connectivity index is 0.00000423. The minimum atomic E-state index is -1.08. The van der Waals surface area contributed by atoms with Gasteiger partial charge in [-0.3, -0.25) is 9.80 Å². The number of hydrogen-bond acceptors (Lipinski definition) is 6. The second-order valence-electron chi connectivity index (χ2n) is 11.2. The number of nitrogens with one attached hydrogen (secondary N) is 2. The van der Waals surface area contributed by atoms with Gasteiger partial charge in [0, 0.05) is 32.3 Å². The smallest absolute Gasteiger partial charge is 0.338 e. The highest BCUT2D eigenvalue weighted by molar-refractivity contribution is 5.92. The van der Waals surface area contributed by atoms with Gasteiger partial charge in [0.1, 0.15) is 5.82 Å². The van der Waals surface area contributed by atoms with Gasteiger partial charge in [-0.15, -0.1) is 12.4 Å². The molecule has 1 saturated heterocycles. The first-order valence-electron chi connectivity index (χ1n) is 14.3. The number of rotatable bonds is 7. The van der Waals surface area contributed by atoms with Crippen LogP contribution in [0.15, 0.2) is 53.7 Å². The van der Waals surface area contributed by atoms with Crippen molar-refractivity contribution in [3.63, 3.8) is 0 Å². The summed E-state index contributed by atoms with van der Waals surface area (Å²) in [5.74, 6) is -2.74. The highest BCUT2D eigenvalue weighted by Gasteiger charge is 2.40. The molecule has 0 aromatic heterocycles. The van der Waals surface area contributed by atoms with Gasteiger partial charge in [0.25, 0.3) is 0 Å². The minimum Gasteiger partial charge on any atom is -0.466 e. The number of nitrogens with zero attached hydrogens (tertiary/aromatic N) is 2. The summed E-state index contributed by atoms with van der Waals surface area (Å²) in [4.78, 5) is 30.4. The molecule has 3 aliphatic rings. The van der Waals surface area contributed by atoms with Crippen LogP contribution in [0.4, 0.5) is 18.0 Å². The molecule has 1 saturated carbocycles. The van der Waals surface area contributed by atoms with E-state index in [1.807, 2.05) is 12.1 Å². The molecule has 0 bridgehead atoms. The maximum absolute atomic E-state index is 14.3. The number of methoxy groups -OCH3 is 2. The van der Waals surface area contributed by atoms with Gasteiger partial charge in [-0.2, -0.15) is 0 Å². The summed E-state index contributed by atoms with van der Waals surface area (Å²) >= 11 is 0. The topological polar surface area (TPSA) is 83.1 Å². The molecule has 2 fully saturated rings. The Morgan fingerprint density at radius 3 is 2.40 bits per heavy atom. The summed E-state index contributed by atoms with van der Waals surface area (Å²) in [6.07, 6.45) is 4.51. The summed E-state index contributed by atoms with van der Waals surface area (Å²) in [6, 6.07) is 9.11. The summed E-state index contributed by atoms with van der Waals surface area (Å²) < 4.78 is 52.7. The molecule has 2 aliphatic heterocycles. The second-order valence-corrected chi connectivity index (χ2v) is 11.2. The van der Waals surface area contributed by atoms with E-state index in [0.29, 0.717) is 18.3 Å². The lowest BCUT2D eigenvalue weighted by atomic mass is 9.81. The van der Waals surface area contributed by atoms with E-state index >= 15 is 0 Å². The Morgan fingerprint density at radius 2 is 1.72 bits per heavy atom. The molecule has 2 heterocycles. The van der Waals surface area contributed by atoms with Crippen LogP contribution in [0.1, 0.15) is 55.2 Å². The van der Waals surface area contributed by atoms with Crippen molar-refractivity contribution in [2.45, 2.75) is 56.1 Å². The number of esters is 1. The zero-order valence-electron chi connectivity index (χ0n) is 24.3. The zero-order chi connectivity index (χ0) is 29.8. The van der Waals surface area contributed by atoms with Gasteiger partial charge in [0.2, 0.25) is 0 Å². The van der Waals surface area contributed by atoms with Gasteiger partial charge in [-0.25, -0.2) is 22.8 Å². The third-order valence-corrected chi connectivity index (χ3v) is 8.69. The maximum atomic E-state index is 14.3. The quantitative estimate of drug-likeness (QED) is 0.423. The van der Waals surface area contributed by atoms with E-state index in [1.54, 1.807) is 6.07 Å². The van der Waals surface area contributed by atoms with Crippen molar-refractivity contribution in [3.05, 3.63) is 82.3 Å². The third-order valence-electron chi connectivity index (χ3n) is 8.69. The summed E-state index contributed by atoms with van der Waals surface area (Å²) in [5, 5.41) is 6.15. The average Bonchev–Trinajstić information content (AvgIpc) is 3.46. The van der Waals surface area contributed by atoms with Crippen LogP contribution in [0.5, 0.6) is 0 Å². The molecule has 12 heteroatoms. The van der Waals surface area contributed by atoms with Crippen LogP contribution in [0, 0.1) is 17.5 Å². The van der Waals surface area contributed by atoms with Crippen molar-refractivity contribution in [2.24, 2.45) is 0 Å². The number of urea groups is 1. The number of likely N-dealkylation sites (tertiary alicyclic amines) is 1. The first-order valence-corrected chi connectivity index (χ1v) is 14.3. The van der Waals surface area contributed by atoms with Crippen molar-refractivity contribution in [2.75, 3.05) is 40.6 Å². The van der Waals surface area contributed by atoms with Crippen LogP contribution in [-0.2, 0) is 14.3 Å². The fourth-order valence-corrected chi connectivity index (χ4v) is 6.58. The van der Waals surface area contributed by atoms with Crippen LogP contribution in [-0.4, -0.2) is 74.5 Å². The van der Waals surface area contributed by atoms with Crippen LogP contribution in [0.3, 0.4) is 0 Å². The molecule has 2 N–H and O–H groups in total. The predicted molar refractivity (Wildman–Crippen MR) is 157 cm³/mol. The van der Waals surface area contributed by atoms with Crippen molar-refractivity contribution in [1.82, 2.24) is 20.4 Å². The molecule has 2 aromatic rings. The van der Waals surface area contributed by atoms with E-state index < -0.39 is 29.7 Å². The predicted octanol–water partition coefficient (Wildman–Crippen LogP) is 5.01. The van der Waals surface area contributed by atoms with Crippen LogP contribution in [0.2, 0.25) is 0 Å². The van der Waals surface area contributed by atoms with E-state index in [4.69, 9.17) is 9.47 Å². The molecule has 5 rings (SSSR count). The van der Waals surface area contributed by atoms with Crippen molar-refractivity contribution in [3.8, 4) is 0 Å². The lowest BCUT2D eigenvalue weighted by Gasteiger charge is -2.39. The summed E-state index contributed by atoms with van der Waals surface area (Å²) in [7, 11) is 2.69. The highest BCUT2D eigenvalue weighted by atomic mass is 35.5. The van der Waals surface area contributed by atoms with Gasteiger partial charge in [0.15, 0.2) is 11.6 Å². The maximum Gasteiger partial charge on any atom is 0.338 e. The first-order chi connectivity index (χ1) is 20.3. The van der Waals surface area contributed by atoms with Crippen molar-refractivity contribution >= 4 is 24.4 Å². The van der Waals surface area contributed by atoms with Crippen molar-refractivity contribution < 1.29 is 32.2 Å². The fraction of sp³-hybridized carbons (Fsp3) is 0.484. The Hall–Kier alpha value is -3.28. The molecular formula is C31H38ClF3N4O4. The van der Waals surface area contributed by atoms with Crippen LogP contribution in [0.25, 0.3) is 0 Å². The normalized spacial score (nSPS) is 24.3. The number of benzene rings is 2. The Kier molecular flexibility index (Phi) is 11.0. The second kappa shape index (κ2) is 14.5. The van der Waals surface area contributed by atoms with Gasteiger partial charge < -0.3 is 20.1 Å². The third kappa shape index (κ3) is 7.11. The van der Waals surface area contributed by atoms with E-state index in [1.165, 1.54) is 31.3 Å². The molecule has 0 radical (unpaired) electrons. The lowest BCUT2D eigenvalue weighted by molar-refractivity contribution is -0.137. The van der Waals surface area contributed by atoms with E-state index in [0.717, 1.165) is 56.3 Å². The highest BCUT2D eigenvalue weighted by Crippen LogP contribution is 2.37. The fourth-order valence-electron chi connectivity index (χ4n) is 6.58. The molecule has 43 heavy (non-hydrogen) atoms. The lowest BCUT2D eigenvalue weighted by Crippen LogP contribution is -2.54. The Labute approximate surface area is 256 Å². The molecule has 8 nitrogen and oxygen atoms in total. The summed E-state index contributed by atoms with van der Waals surface area (Å²) in [6.45, 7) is 1.56. The van der Waals surface area contributed by atoms with Crippen LogP contribution < -0.4 is 10.6 Å². The summed E-state index contributed by atoms with van der Waals surface area (Å²) in [5.41, 5.74) is 1.52. The number of halogens is 4. The van der Waals surface area contributed by atoms with E-state index in [2.05, 4.69) is 15.5 Å². The SMILES string of the molecule is COCC1=C(C(=O)OC)C(c2ccc(F)c(F)c2)N(C(=O)NC2CCN([C@H]3CC[C@H](c4ccccc4F)CC3)C2)CN1.Cl. The molecule has 0 spiro atoms. The zero-order valence-corrected chi connectivity index (χ0v) is 25.1. The van der Waals surface area contributed by atoms with E-state index in [-0.39, 0.29) is 54.6 Å². The number of amides is 2. The van der Waals surface area contributed by atoms with Gasteiger partial charge in [-0.1, -0.05) is 24.3 Å². The minimum absolute atomic E-state index is 0. The Morgan fingerprint density at radius 1 is 0.977 bits per heavy atom. The average molecular weight is 623 g/mol. The van der Waals surface area contributed by atoms with Crippen molar-refractivity contribution in [1.29, 1.82) is 0 Å². The number of carbonyl (C=O) groups excluding carboxylic acids is 2. The first kappa shape index (κ1) is 32.6. The molecule has 2 amide bonds. The monoisotopic (exact) mass is 622 g/mol. The standard InChI is InChI=1S/C31H37F3N4O4.ClH/c1-41-17-27-28(30(39)42-2)29(20-9-12-25(33)26(34)15-20)38(18-35-27)31(40)36-21-13-14-37(16-21)22-10-7-19(8-11-22)23-5-3-4-6-24(23)32;/h3-6,9,12,15,19,21-22,29,35H,7-8,10-11,13-14,16-18H2,1-2H3,(H,36,40);1H/t19-,21?,22-,29?;. The molecule has 2 unspecified atom stereocenters. The molecule has 234 valence electrons. The van der Waals surface area contributed by atoms with Crippen LogP contribution >= 0.6 is 12.4 Å². The molecule has 2 atom stereocenters. The van der Waals surface area contributed by atoms with E-state index in [9.17, 15) is 22.8 Å². The van der Waals surface area contributed by atoms with Gasteiger partial charge in [0.05, 0.1) is 37.7 Å². The largest absolute Gasteiger partial charge is 0.466 e.